The largest absolute Gasteiger partial charge is 0.355 e. The molecule has 0 aliphatic carbocycles. The molecule has 0 radical (unpaired) electrons. The second-order valence-electron chi connectivity index (χ2n) is 7.73. The molecule has 3 rings (SSSR count). The van der Waals surface area contributed by atoms with Crippen LogP contribution in [-0.4, -0.2) is 29.3 Å². The van der Waals surface area contributed by atoms with Crippen LogP contribution in [0.4, 0.5) is 0 Å². The smallest absolute Gasteiger partial charge is 0.243 e. The van der Waals surface area contributed by atoms with Gasteiger partial charge in [-0.15, -0.1) is 0 Å². The number of nitrogens with zero attached hydrogens (tertiary/aromatic N) is 1. The maximum Gasteiger partial charge on any atom is 0.243 e. The second-order valence-corrected chi connectivity index (χ2v) is 9.39. The van der Waals surface area contributed by atoms with Crippen LogP contribution in [0, 0.1) is 0 Å². The first-order chi connectivity index (χ1) is 16.3. The minimum Gasteiger partial charge on any atom is -0.355 e. The molecular weight excluding hydrogens is 514 g/mol. The number of hydrogen-bond acceptors (Lipinski definition) is 2. The molecular formula is C26H24Cl4N2O2. The Morgan fingerprint density at radius 2 is 1.56 bits per heavy atom. The zero-order chi connectivity index (χ0) is 24.7. The van der Waals surface area contributed by atoms with Crippen molar-refractivity contribution in [1.29, 1.82) is 0 Å². The van der Waals surface area contributed by atoms with Gasteiger partial charge in [0, 0.05) is 45.2 Å². The van der Waals surface area contributed by atoms with E-state index in [0.717, 1.165) is 5.56 Å². The monoisotopic (exact) mass is 536 g/mol. The second kappa shape index (κ2) is 12.5. The summed E-state index contributed by atoms with van der Waals surface area (Å²) < 4.78 is 0. The molecule has 4 nitrogen and oxygen atoms in total. The summed E-state index contributed by atoms with van der Waals surface area (Å²) in [6.07, 6.45) is 0.317. The average Bonchev–Trinajstić information content (AvgIpc) is 2.80. The highest BCUT2D eigenvalue weighted by Gasteiger charge is 2.31. The first-order valence-electron chi connectivity index (χ1n) is 10.8. The van der Waals surface area contributed by atoms with Crippen LogP contribution in [0.25, 0.3) is 0 Å². The van der Waals surface area contributed by atoms with Gasteiger partial charge in [-0.25, -0.2) is 0 Å². The lowest BCUT2D eigenvalue weighted by Crippen LogP contribution is -2.51. The van der Waals surface area contributed by atoms with Crippen LogP contribution in [-0.2, 0) is 29.0 Å². The van der Waals surface area contributed by atoms with Crippen molar-refractivity contribution in [2.45, 2.75) is 32.4 Å². The normalized spacial score (nSPS) is 11.7. The maximum absolute atomic E-state index is 13.7. The third-order valence-electron chi connectivity index (χ3n) is 5.37. The highest BCUT2D eigenvalue weighted by molar-refractivity contribution is 6.36. The molecule has 0 saturated carbocycles. The van der Waals surface area contributed by atoms with Crippen LogP contribution in [0.5, 0.6) is 0 Å². The van der Waals surface area contributed by atoms with E-state index in [2.05, 4.69) is 5.32 Å². The Kier molecular flexibility index (Phi) is 9.66. The molecule has 0 bridgehead atoms. The highest BCUT2D eigenvalue weighted by Crippen LogP contribution is 2.28. The third kappa shape index (κ3) is 6.89. The molecule has 1 N–H and O–H groups in total. The van der Waals surface area contributed by atoms with Gasteiger partial charge in [0.1, 0.15) is 6.04 Å². The van der Waals surface area contributed by atoms with Gasteiger partial charge >= 0.3 is 0 Å². The van der Waals surface area contributed by atoms with Crippen LogP contribution in [0.2, 0.25) is 20.1 Å². The number of rotatable bonds is 9. The summed E-state index contributed by atoms with van der Waals surface area (Å²) in [6, 6.07) is 18.9. The fraction of sp³-hybridized carbons (Fsp3) is 0.231. The molecule has 0 aliphatic heterocycles. The fourth-order valence-corrected chi connectivity index (χ4v) is 4.62. The zero-order valence-corrected chi connectivity index (χ0v) is 21.6. The quantitative estimate of drug-likeness (QED) is 0.333. The lowest BCUT2D eigenvalue weighted by molar-refractivity contribution is -0.140. The first kappa shape index (κ1) is 26.4. The molecule has 34 heavy (non-hydrogen) atoms. The van der Waals surface area contributed by atoms with Gasteiger partial charge in [0.2, 0.25) is 11.8 Å². The van der Waals surface area contributed by atoms with Crippen molar-refractivity contribution >= 4 is 58.2 Å². The van der Waals surface area contributed by atoms with Gasteiger partial charge in [-0.2, -0.15) is 0 Å². The van der Waals surface area contributed by atoms with E-state index < -0.39 is 6.04 Å². The summed E-state index contributed by atoms with van der Waals surface area (Å²) in [4.78, 5) is 28.4. The lowest BCUT2D eigenvalue weighted by atomic mass is 10.0. The Morgan fingerprint density at radius 1 is 0.882 bits per heavy atom. The number of amides is 2. The van der Waals surface area contributed by atoms with E-state index in [0.29, 0.717) is 44.2 Å². The van der Waals surface area contributed by atoms with Crippen molar-refractivity contribution in [2.24, 2.45) is 0 Å². The summed E-state index contributed by atoms with van der Waals surface area (Å²) in [5.74, 6) is -0.544. The van der Waals surface area contributed by atoms with Crippen LogP contribution in [0.3, 0.4) is 0 Å². The summed E-state index contributed by atoms with van der Waals surface area (Å²) in [7, 11) is 0. The lowest BCUT2D eigenvalue weighted by Gasteiger charge is -2.32. The van der Waals surface area contributed by atoms with Gasteiger partial charge in [0.15, 0.2) is 0 Å². The molecule has 0 fully saturated rings. The molecule has 0 unspecified atom stereocenters. The Hall–Kier alpha value is -2.24. The van der Waals surface area contributed by atoms with Crippen molar-refractivity contribution in [3.63, 3.8) is 0 Å². The van der Waals surface area contributed by atoms with E-state index >= 15 is 0 Å². The van der Waals surface area contributed by atoms with Crippen LogP contribution in [0.1, 0.15) is 23.6 Å². The van der Waals surface area contributed by atoms with Crippen molar-refractivity contribution in [3.8, 4) is 0 Å². The van der Waals surface area contributed by atoms with Crippen molar-refractivity contribution in [3.05, 3.63) is 104 Å². The number of carbonyl (C=O) groups is 2. The van der Waals surface area contributed by atoms with E-state index in [-0.39, 0.29) is 24.8 Å². The molecule has 3 aromatic carbocycles. The van der Waals surface area contributed by atoms with Crippen LogP contribution < -0.4 is 5.32 Å². The number of benzene rings is 3. The summed E-state index contributed by atoms with van der Waals surface area (Å²) in [5, 5.41) is 4.56. The van der Waals surface area contributed by atoms with Crippen molar-refractivity contribution in [1.82, 2.24) is 10.2 Å². The Labute approximate surface area is 219 Å². The summed E-state index contributed by atoms with van der Waals surface area (Å²) in [5.41, 5.74) is 2.11. The first-order valence-corrected chi connectivity index (χ1v) is 12.3. The molecule has 2 amide bonds. The van der Waals surface area contributed by atoms with E-state index in [4.69, 9.17) is 46.4 Å². The van der Waals surface area contributed by atoms with Gasteiger partial charge in [-0.05, 0) is 42.3 Å². The molecule has 178 valence electrons. The minimum atomic E-state index is -0.784. The third-order valence-corrected chi connectivity index (χ3v) is 6.66. The van der Waals surface area contributed by atoms with Gasteiger partial charge < -0.3 is 10.2 Å². The van der Waals surface area contributed by atoms with Gasteiger partial charge in [-0.3, -0.25) is 9.59 Å². The maximum atomic E-state index is 13.7. The number of carbonyl (C=O) groups excluding carboxylic acids is 2. The molecule has 0 aliphatic rings. The van der Waals surface area contributed by atoms with E-state index in [1.165, 1.54) is 4.90 Å². The average molecular weight is 538 g/mol. The molecule has 1 atom stereocenters. The SMILES string of the molecule is CCNC(=O)[C@H](Cc1ccccc1)N(Cc1c(Cl)cccc1Cl)C(=O)Cc1ccc(Cl)cc1Cl. The van der Waals surface area contributed by atoms with E-state index in [1.807, 2.05) is 37.3 Å². The van der Waals surface area contributed by atoms with Crippen LogP contribution >= 0.6 is 46.4 Å². The fourth-order valence-electron chi connectivity index (χ4n) is 3.63. The van der Waals surface area contributed by atoms with Crippen molar-refractivity contribution < 1.29 is 9.59 Å². The van der Waals surface area contributed by atoms with Gasteiger partial charge in [0.25, 0.3) is 0 Å². The standard InChI is InChI=1S/C26H24Cl4N2O2/c1-2-31-26(34)24(13-17-7-4-3-5-8-17)32(16-20-21(28)9-6-10-22(20)29)25(33)14-18-11-12-19(27)15-23(18)30/h3-12,15,24H,2,13-14,16H2,1H3,(H,31,34)/t24-/m0/s1. The Morgan fingerprint density at radius 3 is 2.18 bits per heavy atom. The van der Waals surface area contributed by atoms with Gasteiger partial charge in [0.05, 0.1) is 6.42 Å². The summed E-state index contributed by atoms with van der Waals surface area (Å²) >= 11 is 25.2. The van der Waals surface area contributed by atoms with Crippen molar-refractivity contribution in [2.75, 3.05) is 6.54 Å². The van der Waals surface area contributed by atoms with E-state index in [9.17, 15) is 9.59 Å². The zero-order valence-electron chi connectivity index (χ0n) is 18.5. The molecule has 0 aromatic heterocycles. The summed E-state index contributed by atoms with van der Waals surface area (Å²) in [6.45, 7) is 2.33. The topological polar surface area (TPSA) is 49.4 Å². The van der Waals surface area contributed by atoms with E-state index in [1.54, 1.807) is 36.4 Å². The minimum absolute atomic E-state index is 0.0111. The molecule has 8 heteroatoms. The Balaban J connectivity index is 2.02. The molecule has 0 saturated heterocycles. The predicted molar refractivity (Wildman–Crippen MR) is 140 cm³/mol. The molecule has 0 spiro atoms. The van der Waals surface area contributed by atoms with Crippen LogP contribution in [0.15, 0.2) is 66.7 Å². The van der Waals surface area contributed by atoms with Gasteiger partial charge in [-0.1, -0.05) is 88.9 Å². The molecule has 0 heterocycles. The number of hydrogen-bond donors (Lipinski definition) is 1. The highest BCUT2D eigenvalue weighted by atomic mass is 35.5. The number of halogens is 4. The predicted octanol–water partition coefficient (Wildman–Crippen LogP) is 6.62. The number of nitrogens with one attached hydrogen (secondary N) is 1. The Bertz CT molecular complexity index is 1130. The molecule has 3 aromatic rings. The number of likely N-dealkylation sites (N-methyl/N-ethyl adjacent to an activating group) is 1.